The van der Waals surface area contributed by atoms with E-state index in [9.17, 15) is 0 Å². The molecule has 108 valence electrons. The Hall–Kier alpha value is -1.72. The van der Waals surface area contributed by atoms with Crippen molar-refractivity contribution in [1.29, 1.82) is 0 Å². The van der Waals surface area contributed by atoms with Crippen LogP contribution in [-0.2, 0) is 0 Å². The monoisotopic (exact) mass is 345 g/mol. The number of hydrogen-bond acceptors (Lipinski definition) is 4. The summed E-state index contributed by atoms with van der Waals surface area (Å²) in [5, 5.41) is 3.47. The Labute approximate surface area is 131 Å². The highest BCUT2D eigenvalue weighted by molar-refractivity contribution is 9.10. The molecule has 0 radical (unpaired) electrons. The zero-order valence-corrected chi connectivity index (χ0v) is 13.3. The molecule has 2 heterocycles. The second kappa shape index (κ2) is 6.37. The van der Waals surface area contributed by atoms with Gasteiger partial charge < -0.3 is 9.73 Å². The third-order valence-corrected chi connectivity index (χ3v) is 3.92. The number of aromatic nitrogens is 2. The molecule has 1 aromatic carbocycles. The second-order valence-corrected chi connectivity index (χ2v) is 5.66. The molecular weight excluding hydrogens is 330 g/mol. The van der Waals surface area contributed by atoms with Gasteiger partial charge in [0.2, 0.25) is 0 Å². The van der Waals surface area contributed by atoms with Gasteiger partial charge in [0.1, 0.15) is 11.8 Å². The smallest absolute Gasteiger partial charge is 0.141 e. The number of benzene rings is 1. The highest BCUT2D eigenvalue weighted by Crippen LogP contribution is 2.29. The van der Waals surface area contributed by atoms with Crippen molar-refractivity contribution in [2.75, 3.05) is 6.54 Å². The molecule has 2 aromatic heterocycles. The van der Waals surface area contributed by atoms with Crippen molar-refractivity contribution < 1.29 is 4.42 Å². The van der Waals surface area contributed by atoms with Gasteiger partial charge in [0.15, 0.2) is 0 Å². The third-order valence-electron chi connectivity index (χ3n) is 3.27. The fraction of sp³-hybridized carbons (Fsp3) is 0.250. The summed E-state index contributed by atoms with van der Waals surface area (Å²) in [7, 11) is 0. The number of nitrogens with one attached hydrogen (secondary N) is 1. The van der Waals surface area contributed by atoms with E-state index in [1.54, 1.807) is 6.26 Å². The maximum atomic E-state index is 5.61. The number of hydrogen-bond donors (Lipinski definition) is 1. The first kappa shape index (κ1) is 14.2. The van der Waals surface area contributed by atoms with Crippen LogP contribution in [0.5, 0.6) is 0 Å². The third kappa shape index (κ3) is 2.99. The number of halogens is 1. The minimum atomic E-state index is -0.105. The van der Waals surface area contributed by atoms with Crippen molar-refractivity contribution in [2.24, 2.45) is 0 Å². The molecule has 1 unspecified atom stereocenters. The molecule has 5 heteroatoms. The molecule has 1 N–H and O–H groups in total. The molecule has 0 aliphatic heterocycles. The van der Waals surface area contributed by atoms with Gasteiger partial charge in [-0.2, -0.15) is 0 Å². The van der Waals surface area contributed by atoms with Crippen LogP contribution < -0.4 is 5.32 Å². The molecule has 0 fully saturated rings. The van der Waals surface area contributed by atoms with Gasteiger partial charge in [-0.1, -0.05) is 19.1 Å². The first-order valence-corrected chi connectivity index (χ1v) is 7.77. The Morgan fingerprint density at radius 3 is 2.76 bits per heavy atom. The van der Waals surface area contributed by atoms with Crippen LogP contribution in [0.3, 0.4) is 0 Å². The van der Waals surface area contributed by atoms with Crippen molar-refractivity contribution in [3.8, 4) is 0 Å². The Morgan fingerprint density at radius 2 is 2.05 bits per heavy atom. The lowest BCUT2D eigenvalue weighted by atomic mass is 10.1. The van der Waals surface area contributed by atoms with Gasteiger partial charge in [0, 0.05) is 0 Å². The van der Waals surface area contributed by atoms with E-state index in [1.807, 2.05) is 36.5 Å². The summed E-state index contributed by atoms with van der Waals surface area (Å²) in [6, 6.07) is 9.66. The molecule has 0 spiro atoms. The quantitative estimate of drug-likeness (QED) is 0.757. The van der Waals surface area contributed by atoms with Crippen LogP contribution >= 0.6 is 15.9 Å². The van der Waals surface area contributed by atoms with Gasteiger partial charge in [0.05, 0.1) is 33.7 Å². The van der Waals surface area contributed by atoms with Gasteiger partial charge in [-0.25, -0.2) is 4.98 Å². The lowest BCUT2D eigenvalue weighted by Gasteiger charge is -2.16. The largest absolute Gasteiger partial charge is 0.466 e. The van der Waals surface area contributed by atoms with Gasteiger partial charge in [-0.05, 0) is 47.1 Å². The second-order valence-electron chi connectivity index (χ2n) is 4.80. The number of rotatable bonds is 5. The summed E-state index contributed by atoms with van der Waals surface area (Å²) < 4.78 is 6.55. The van der Waals surface area contributed by atoms with Crippen LogP contribution in [0.15, 0.2) is 51.7 Å². The fourth-order valence-corrected chi connectivity index (χ4v) is 2.67. The van der Waals surface area contributed by atoms with E-state index in [4.69, 9.17) is 9.40 Å². The van der Waals surface area contributed by atoms with Crippen LogP contribution in [0.1, 0.15) is 30.8 Å². The van der Waals surface area contributed by atoms with Gasteiger partial charge in [0.25, 0.3) is 0 Å². The van der Waals surface area contributed by atoms with Crippen LogP contribution in [0.25, 0.3) is 11.0 Å². The molecule has 0 amide bonds. The SMILES string of the molecule is CCCNC(c1cnc2ccccc2n1)c1occc1Br. The summed E-state index contributed by atoms with van der Waals surface area (Å²) in [6.45, 7) is 3.01. The Bertz CT molecular complexity index is 741. The molecular formula is C16H16BrN3O. The van der Waals surface area contributed by atoms with Crippen molar-refractivity contribution in [2.45, 2.75) is 19.4 Å². The minimum Gasteiger partial charge on any atom is -0.466 e. The van der Waals surface area contributed by atoms with E-state index >= 15 is 0 Å². The summed E-state index contributed by atoms with van der Waals surface area (Å²) in [5.74, 6) is 0.827. The van der Waals surface area contributed by atoms with Gasteiger partial charge in [-0.3, -0.25) is 4.98 Å². The predicted octanol–water partition coefficient (Wildman–Crippen LogP) is 4.07. The molecule has 0 saturated heterocycles. The summed E-state index contributed by atoms with van der Waals surface area (Å²) in [6.07, 6.45) is 4.52. The molecule has 0 aliphatic carbocycles. The Kier molecular flexibility index (Phi) is 4.31. The van der Waals surface area contributed by atoms with E-state index in [0.717, 1.165) is 39.9 Å². The lowest BCUT2D eigenvalue weighted by Crippen LogP contribution is -2.24. The summed E-state index contributed by atoms with van der Waals surface area (Å²) in [5.41, 5.74) is 2.65. The highest BCUT2D eigenvalue weighted by atomic mass is 79.9. The maximum absolute atomic E-state index is 5.61. The zero-order valence-electron chi connectivity index (χ0n) is 11.7. The first-order chi connectivity index (χ1) is 10.3. The van der Waals surface area contributed by atoms with Gasteiger partial charge in [-0.15, -0.1) is 0 Å². The van der Waals surface area contributed by atoms with E-state index in [1.165, 1.54) is 0 Å². The first-order valence-electron chi connectivity index (χ1n) is 6.97. The van der Waals surface area contributed by atoms with Crippen LogP contribution in [0.4, 0.5) is 0 Å². The van der Waals surface area contributed by atoms with E-state index in [0.29, 0.717) is 0 Å². The number of fused-ring (bicyclic) bond motifs is 1. The fourth-order valence-electron chi connectivity index (χ4n) is 2.24. The van der Waals surface area contributed by atoms with Crippen LogP contribution in [0, 0.1) is 0 Å². The normalized spacial score (nSPS) is 12.7. The Balaban J connectivity index is 2.03. The minimum absolute atomic E-state index is 0.105. The number of para-hydroxylation sites is 2. The average Bonchev–Trinajstić information content (AvgIpc) is 2.94. The Morgan fingerprint density at radius 1 is 1.24 bits per heavy atom. The maximum Gasteiger partial charge on any atom is 0.141 e. The molecule has 0 bridgehead atoms. The summed E-state index contributed by atoms with van der Waals surface area (Å²) in [4.78, 5) is 9.21. The van der Waals surface area contributed by atoms with Crippen LogP contribution in [0.2, 0.25) is 0 Å². The van der Waals surface area contributed by atoms with E-state index in [2.05, 4.69) is 33.2 Å². The lowest BCUT2D eigenvalue weighted by molar-refractivity contribution is 0.439. The number of furan rings is 1. The molecule has 4 nitrogen and oxygen atoms in total. The van der Waals surface area contributed by atoms with Crippen molar-refractivity contribution in [3.05, 3.63) is 58.7 Å². The summed E-state index contributed by atoms with van der Waals surface area (Å²) >= 11 is 3.52. The number of nitrogens with zero attached hydrogens (tertiary/aromatic N) is 2. The standard InChI is InChI=1S/C16H16BrN3O/c1-2-8-18-15(16-11(17)7-9-21-16)14-10-19-12-5-3-4-6-13(12)20-14/h3-7,9-10,15,18H,2,8H2,1H3. The van der Waals surface area contributed by atoms with Crippen molar-refractivity contribution in [1.82, 2.24) is 15.3 Å². The van der Waals surface area contributed by atoms with E-state index in [-0.39, 0.29) is 6.04 Å². The zero-order chi connectivity index (χ0) is 14.7. The molecule has 21 heavy (non-hydrogen) atoms. The van der Waals surface area contributed by atoms with Crippen molar-refractivity contribution >= 4 is 27.0 Å². The predicted molar refractivity (Wildman–Crippen MR) is 86.1 cm³/mol. The van der Waals surface area contributed by atoms with E-state index < -0.39 is 0 Å². The van der Waals surface area contributed by atoms with Crippen molar-refractivity contribution in [3.63, 3.8) is 0 Å². The average molecular weight is 346 g/mol. The molecule has 0 aliphatic rings. The molecule has 0 saturated carbocycles. The molecule has 3 rings (SSSR count). The molecule has 3 aromatic rings. The van der Waals surface area contributed by atoms with Gasteiger partial charge >= 0.3 is 0 Å². The van der Waals surface area contributed by atoms with Crippen LogP contribution in [-0.4, -0.2) is 16.5 Å². The highest BCUT2D eigenvalue weighted by Gasteiger charge is 2.21. The molecule has 1 atom stereocenters. The topological polar surface area (TPSA) is 51.0 Å².